The van der Waals surface area contributed by atoms with E-state index in [9.17, 15) is 0 Å². The van der Waals surface area contributed by atoms with Crippen LogP contribution in [0.1, 0.15) is 49.4 Å². The van der Waals surface area contributed by atoms with Crippen molar-refractivity contribution < 1.29 is 4.42 Å². The molecule has 6 rings (SSSR count). The van der Waals surface area contributed by atoms with Crippen LogP contribution in [0.3, 0.4) is 0 Å². The van der Waals surface area contributed by atoms with Crippen molar-refractivity contribution in [2.24, 2.45) is 11.8 Å². The van der Waals surface area contributed by atoms with Gasteiger partial charge in [-0.05, 0) is 91.5 Å². The molecule has 4 atom stereocenters. The first-order valence-corrected chi connectivity index (χ1v) is 14.9. The Morgan fingerprint density at radius 3 is 2.48 bits per heavy atom. The molecule has 0 unspecified atom stereocenters. The highest BCUT2D eigenvalue weighted by Crippen LogP contribution is 2.45. The summed E-state index contributed by atoms with van der Waals surface area (Å²) in [5.74, 6) is 2.80. The molecule has 0 spiro atoms. The van der Waals surface area contributed by atoms with Crippen LogP contribution >= 0.6 is 35.4 Å². The van der Waals surface area contributed by atoms with Crippen LogP contribution in [0.4, 0.5) is 11.4 Å². The molecule has 2 aromatic heterocycles. The number of furan rings is 1. The minimum absolute atomic E-state index is 0.213. The minimum Gasteiger partial charge on any atom is -0.459 e. The number of hydrogen-bond donors (Lipinski definition) is 1. The normalized spacial score (nSPS) is 23.0. The zero-order valence-electron chi connectivity index (χ0n) is 22.8. The number of nitrogens with zero attached hydrogens (tertiary/aromatic N) is 3. The molecule has 2 saturated heterocycles. The van der Waals surface area contributed by atoms with Gasteiger partial charge in [-0.2, -0.15) is 0 Å². The third kappa shape index (κ3) is 5.09. The second-order valence-corrected chi connectivity index (χ2v) is 12.3. The predicted molar refractivity (Wildman–Crippen MR) is 168 cm³/mol. The number of piperidine rings is 1. The largest absolute Gasteiger partial charge is 0.459 e. The van der Waals surface area contributed by atoms with E-state index in [2.05, 4.69) is 46.1 Å². The fraction of sp³-hybridized carbons (Fsp3) is 0.312. The topological polar surface area (TPSA) is 44.5 Å². The Bertz CT molecular complexity index is 1530. The highest BCUT2D eigenvalue weighted by Gasteiger charge is 2.43. The first-order valence-electron chi connectivity index (χ1n) is 13.7. The van der Waals surface area contributed by atoms with Crippen molar-refractivity contribution in [3.63, 3.8) is 0 Å². The maximum atomic E-state index is 6.97. The van der Waals surface area contributed by atoms with Crippen molar-refractivity contribution in [3.8, 4) is 11.3 Å². The van der Waals surface area contributed by atoms with Gasteiger partial charge in [-0.3, -0.25) is 4.98 Å². The SMILES string of the molecule is Cc1c(Cl)cccc1-c1ccc([C@H]2[C@H](c3ccccn3)NC(=S)N2c2ccc(N3C[C@H](C)C[C@H](C)C3)c(Cl)c2)o1. The van der Waals surface area contributed by atoms with Crippen LogP contribution in [0.2, 0.25) is 10.0 Å². The Morgan fingerprint density at radius 1 is 0.950 bits per heavy atom. The number of anilines is 2. The lowest BCUT2D eigenvalue weighted by atomic mass is 9.91. The van der Waals surface area contributed by atoms with Crippen LogP contribution in [0.5, 0.6) is 0 Å². The summed E-state index contributed by atoms with van der Waals surface area (Å²) in [4.78, 5) is 9.16. The molecule has 4 heterocycles. The molecular formula is C32H32Cl2N4OS. The Balaban J connectivity index is 1.40. The molecule has 4 aromatic rings. The molecule has 2 aliphatic heterocycles. The van der Waals surface area contributed by atoms with E-state index >= 15 is 0 Å². The third-order valence-electron chi connectivity index (χ3n) is 7.97. The van der Waals surface area contributed by atoms with Crippen LogP contribution in [0.15, 0.2) is 77.3 Å². The zero-order valence-corrected chi connectivity index (χ0v) is 25.1. The molecule has 0 saturated carbocycles. The number of thiocarbonyl (C=S) groups is 1. The van der Waals surface area contributed by atoms with E-state index in [4.69, 9.17) is 39.8 Å². The predicted octanol–water partition coefficient (Wildman–Crippen LogP) is 8.62. The molecule has 5 nitrogen and oxygen atoms in total. The first-order chi connectivity index (χ1) is 19.3. The van der Waals surface area contributed by atoms with Gasteiger partial charge in [0.15, 0.2) is 5.11 Å². The Hall–Kier alpha value is -3.06. The maximum Gasteiger partial charge on any atom is 0.174 e. The van der Waals surface area contributed by atoms with Crippen LogP contribution in [0, 0.1) is 18.8 Å². The van der Waals surface area contributed by atoms with Gasteiger partial charge in [0.25, 0.3) is 0 Å². The number of benzene rings is 2. The van der Waals surface area contributed by atoms with Crippen molar-refractivity contribution >= 4 is 51.9 Å². The number of aromatic nitrogens is 1. The highest BCUT2D eigenvalue weighted by atomic mass is 35.5. The lowest BCUT2D eigenvalue weighted by molar-refractivity contribution is 0.357. The summed E-state index contributed by atoms with van der Waals surface area (Å²) in [6.07, 6.45) is 3.05. The fourth-order valence-corrected chi connectivity index (χ4v) is 7.03. The molecule has 0 bridgehead atoms. The summed E-state index contributed by atoms with van der Waals surface area (Å²) in [5.41, 5.74) is 4.80. The Labute approximate surface area is 251 Å². The van der Waals surface area contributed by atoms with Gasteiger partial charge in [0.2, 0.25) is 0 Å². The molecule has 8 heteroatoms. The molecule has 1 N–H and O–H groups in total. The highest BCUT2D eigenvalue weighted by molar-refractivity contribution is 7.80. The van der Waals surface area contributed by atoms with E-state index in [1.54, 1.807) is 6.20 Å². The quantitative estimate of drug-likeness (QED) is 0.235. The molecule has 0 radical (unpaired) electrons. The standard InChI is InChI=1S/C32H32Cl2N4OS/c1-19-15-20(2)18-37(17-19)27-11-10-22(16-25(27)34)38-31(30(36-32(38)40)26-9-4-5-14-35-26)29-13-12-28(39-29)23-7-6-8-24(33)21(23)3/h4-14,16,19-20,30-31H,15,17-18H2,1-3H3,(H,36,40)/t19-,20+,30-,31-/m0/s1. The fourth-order valence-electron chi connectivity index (χ4n) is 6.21. The van der Waals surface area contributed by atoms with E-state index in [1.165, 1.54) is 6.42 Å². The maximum absolute atomic E-state index is 6.97. The summed E-state index contributed by atoms with van der Waals surface area (Å²) in [6.45, 7) is 8.64. The summed E-state index contributed by atoms with van der Waals surface area (Å²) >= 11 is 19.3. The van der Waals surface area contributed by atoms with Gasteiger partial charge in [-0.1, -0.05) is 55.2 Å². The summed E-state index contributed by atoms with van der Waals surface area (Å²) in [7, 11) is 0. The number of halogens is 2. The number of nitrogens with one attached hydrogen (secondary N) is 1. The number of rotatable bonds is 5. The van der Waals surface area contributed by atoms with Gasteiger partial charge in [0.05, 0.1) is 22.4 Å². The van der Waals surface area contributed by atoms with Gasteiger partial charge >= 0.3 is 0 Å². The molecule has 2 aromatic carbocycles. The number of pyridine rings is 1. The van der Waals surface area contributed by atoms with Crippen LogP contribution in [-0.4, -0.2) is 23.2 Å². The van der Waals surface area contributed by atoms with Crippen LogP contribution < -0.4 is 15.1 Å². The van der Waals surface area contributed by atoms with Crippen molar-refractivity contribution in [3.05, 3.63) is 100.0 Å². The molecule has 2 aliphatic rings. The molecule has 0 aliphatic carbocycles. The second kappa shape index (κ2) is 11.1. The van der Waals surface area contributed by atoms with E-state index in [-0.39, 0.29) is 12.1 Å². The van der Waals surface area contributed by atoms with Gasteiger partial charge < -0.3 is 19.5 Å². The van der Waals surface area contributed by atoms with Gasteiger partial charge in [0, 0.05) is 35.6 Å². The van der Waals surface area contributed by atoms with Crippen LogP contribution in [0.25, 0.3) is 11.3 Å². The lowest BCUT2D eigenvalue weighted by Gasteiger charge is -2.37. The first kappa shape index (κ1) is 27.1. The van der Waals surface area contributed by atoms with E-state index in [0.29, 0.717) is 22.0 Å². The number of hydrogen-bond acceptors (Lipinski definition) is 4. The average molecular weight is 592 g/mol. The smallest absolute Gasteiger partial charge is 0.174 e. The summed E-state index contributed by atoms with van der Waals surface area (Å²) in [5, 5.41) is 5.53. The van der Waals surface area contributed by atoms with Crippen molar-refractivity contribution in [2.75, 3.05) is 22.9 Å². The Kier molecular flexibility index (Phi) is 7.51. The van der Waals surface area contributed by atoms with Crippen molar-refractivity contribution in [1.82, 2.24) is 10.3 Å². The summed E-state index contributed by atoms with van der Waals surface area (Å²) < 4.78 is 6.55. The summed E-state index contributed by atoms with van der Waals surface area (Å²) in [6, 6.07) is 21.6. The molecule has 2 fully saturated rings. The van der Waals surface area contributed by atoms with E-state index in [1.807, 2.05) is 61.5 Å². The van der Waals surface area contributed by atoms with Gasteiger partial charge in [-0.25, -0.2) is 0 Å². The molecule has 206 valence electrons. The average Bonchev–Trinajstić information content (AvgIpc) is 3.54. The Morgan fingerprint density at radius 2 is 1.75 bits per heavy atom. The van der Waals surface area contributed by atoms with Crippen molar-refractivity contribution in [1.29, 1.82) is 0 Å². The zero-order chi connectivity index (χ0) is 28.0. The van der Waals surface area contributed by atoms with E-state index in [0.717, 1.165) is 57.8 Å². The molecular weight excluding hydrogens is 559 g/mol. The van der Waals surface area contributed by atoms with E-state index < -0.39 is 0 Å². The molecule has 0 amide bonds. The molecule has 40 heavy (non-hydrogen) atoms. The van der Waals surface area contributed by atoms with Gasteiger partial charge in [0.1, 0.15) is 17.6 Å². The van der Waals surface area contributed by atoms with Crippen molar-refractivity contribution in [2.45, 2.75) is 39.3 Å². The second-order valence-electron chi connectivity index (χ2n) is 11.1. The monoisotopic (exact) mass is 590 g/mol. The lowest BCUT2D eigenvalue weighted by Crippen LogP contribution is -2.38. The minimum atomic E-state index is -0.271. The van der Waals surface area contributed by atoms with Gasteiger partial charge in [-0.15, -0.1) is 0 Å². The third-order valence-corrected chi connectivity index (χ3v) is 9.00. The van der Waals surface area contributed by atoms with Crippen LogP contribution in [-0.2, 0) is 0 Å².